The number of nitrogens with zero attached hydrogens (tertiary/aromatic N) is 2. The highest BCUT2D eigenvalue weighted by Gasteiger charge is 2.28. The highest BCUT2D eigenvalue weighted by atomic mass is 35.5. The van der Waals surface area contributed by atoms with E-state index < -0.39 is 0 Å². The number of aromatic nitrogens is 2. The Morgan fingerprint density at radius 2 is 1.82 bits per heavy atom. The minimum Gasteiger partial charge on any atom is -0.381 e. The second-order valence-electron chi connectivity index (χ2n) is 10.4. The van der Waals surface area contributed by atoms with Crippen molar-refractivity contribution < 1.29 is 4.74 Å². The van der Waals surface area contributed by atoms with Gasteiger partial charge in [0.05, 0.1) is 5.69 Å². The molecule has 0 aliphatic carbocycles. The topological polar surface area (TPSA) is 50.3 Å². The molecule has 34 heavy (non-hydrogen) atoms. The monoisotopic (exact) mass is 481 g/mol. The number of ether oxygens (including phenoxy) is 1. The van der Waals surface area contributed by atoms with Crippen molar-refractivity contribution in [1.82, 2.24) is 14.5 Å². The van der Waals surface area contributed by atoms with Crippen molar-refractivity contribution in [2.24, 2.45) is 7.05 Å². The predicted molar refractivity (Wildman–Crippen MR) is 140 cm³/mol. The van der Waals surface area contributed by atoms with E-state index in [0.29, 0.717) is 22.9 Å². The van der Waals surface area contributed by atoms with Crippen molar-refractivity contribution in [2.45, 2.75) is 64.3 Å². The summed E-state index contributed by atoms with van der Waals surface area (Å²) in [6.07, 6.45) is 6.69. The largest absolute Gasteiger partial charge is 0.381 e. The Morgan fingerprint density at radius 1 is 1.12 bits per heavy atom. The van der Waals surface area contributed by atoms with Crippen LogP contribution in [-0.2, 0) is 11.8 Å². The highest BCUT2D eigenvalue weighted by Crippen LogP contribution is 2.40. The summed E-state index contributed by atoms with van der Waals surface area (Å²) < 4.78 is 7.14. The molecule has 0 amide bonds. The molecule has 0 saturated carbocycles. The first-order valence-electron chi connectivity index (χ1n) is 12.7. The van der Waals surface area contributed by atoms with E-state index in [-0.39, 0.29) is 5.56 Å². The Bertz CT molecular complexity index is 1240. The van der Waals surface area contributed by atoms with Crippen LogP contribution < -0.4 is 5.56 Å². The molecule has 1 N–H and O–H groups in total. The Hall–Kier alpha value is -2.08. The fourth-order valence-corrected chi connectivity index (χ4v) is 6.21. The third-order valence-corrected chi connectivity index (χ3v) is 8.43. The molecule has 0 atom stereocenters. The lowest BCUT2D eigenvalue weighted by molar-refractivity contribution is 0.0252. The van der Waals surface area contributed by atoms with Crippen LogP contribution in [0.3, 0.4) is 0 Å². The zero-order chi connectivity index (χ0) is 24.0. The summed E-state index contributed by atoms with van der Waals surface area (Å²) in [6.45, 7) is 10.6. The number of hydrogen-bond acceptors (Lipinski definition) is 3. The molecule has 2 aliphatic heterocycles. The molecule has 0 spiro atoms. The normalized spacial score (nSPS) is 18.9. The molecule has 1 aromatic carbocycles. The summed E-state index contributed by atoms with van der Waals surface area (Å²) in [5.41, 5.74) is 6.64. The molecule has 0 radical (unpaired) electrons. The smallest absolute Gasteiger partial charge is 0.269 e. The van der Waals surface area contributed by atoms with Gasteiger partial charge in [-0.1, -0.05) is 31.5 Å². The molecule has 2 saturated heterocycles. The molecule has 6 heteroatoms. The van der Waals surface area contributed by atoms with Gasteiger partial charge in [-0.05, 0) is 86.4 Å². The van der Waals surface area contributed by atoms with Crippen molar-refractivity contribution in [3.05, 3.63) is 56.5 Å². The van der Waals surface area contributed by atoms with Crippen LogP contribution in [0.5, 0.6) is 0 Å². The Kier molecular flexibility index (Phi) is 6.62. The predicted octanol–water partition coefficient (Wildman–Crippen LogP) is 5.98. The Labute approximate surface area is 207 Å². The van der Waals surface area contributed by atoms with Gasteiger partial charge in [0.15, 0.2) is 0 Å². The molecule has 0 unspecified atom stereocenters. The molecule has 2 fully saturated rings. The zero-order valence-corrected chi connectivity index (χ0v) is 21.5. The third kappa shape index (κ3) is 4.23. The van der Waals surface area contributed by atoms with E-state index in [1.165, 1.54) is 55.3 Å². The molecule has 2 aromatic heterocycles. The number of H-pyrrole nitrogens is 1. The molecule has 5 rings (SSSR count). The average molecular weight is 482 g/mol. The van der Waals surface area contributed by atoms with E-state index in [9.17, 15) is 4.79 Å². The third-order valence-electron chi connectivity index (χ3n) is 7.98. The van der Waals surface area contributed by atoms with Gasteiger partial charge in [-0.2, -0.15) is 0 Å². The van der Waals surface area contributed by atoms with Crippen LogP contribution in [-0.4, -0.2) is 46.8 Å². The lowest BCUT2D eigenvalue weighted by atomic mass is 9.86. The summed E-state index contributed by atoms with van der Waals surface area (Å²) in [7, 11) is 1.76. The minimum atomic E-state index is -0.153. The fraction of sp³-hybridized carbons (Fsp3) is 0.536. The summed E-state index contributed by atoms with van der Waals surface area (Å²) >= 11 is 6.41. The van der Waals surface area contributed by atoms with Gasteiger partial charge in [-0.25, -0.2) is 0 Å². The summed E-state index contributed by atoms with van der Waals surface area (Å²) in [6, 6.07) is 7.67. The van der Waals surface area contributed by atoms with E-state index >= 15 is 0 Å². The molecular weight excluding hydrogens is 446 g/mol. The van der Waals surface area contributed by atoms with Gasteiger partial charge < -0.3 is 19.2 Å². The van der Waals surface area contributed by atoms with E-state index in [2.05, 4.69) is 41.9 Å². The second kappa shape index (κ2) is 9.52. The maximum atomic E-state index is 12.3. The molecule has 4 heterocycles. The van der Waals surface area contributed by atoms with Gasteiger partial charge in [0.2, 0.25) is 0 Å². The van der Waals surface area contributed by atoms with Crippen molar-refractivity contribution in [2.75, 3.05) is 26.3 Å². The zero-order valence-electron chi connectivity index (χ0n) is 20.8. The quantitative estimate of drug-likeness (QED) is 0.498. The number of aromatic amines is 1. The van der Waals surface area contributed by atoms with Crippen LogP contribution in [0.4, 0.5) is 0 Å². The van der Waals surface area contributed by atoms with Crippen LogP contribution in [0.25, 0.3) is 22.2 Å². The van der Waals surface area contributed by atoms with Crippen molar-refractivity contribution in [1.29, 1.82) is 0 Å². The van der Waals surface area contributed by atoms with E-state index in [4.69, 9.17) is 16.3 Å². The van der Waals surface area contributed by atoms with Crippen molar-refractivity contribution in [3.63, 3.8) is 0 Å². The molecule has 0 bridgehead atoms. The second-order valence-corrected chi connectivity index (χ2v) is 10.8. The van der Waals surface area contributed by atoms with Gasteiger partial charge in [-0.3, -0.25) is 4.79 Å². The van der Waals surface area contributed by atoms with Crippen LogP contribution in [0.1, 0.15) is 68.1 Å². The van der Waals surface area contributed by atoms with Gasteiger partial charge in [-0.15, -0.1) is 0 Å². The number of hydrogen-bond donors (Lipinski definition) is 1. The maximum absolute atomic E-state index is 12.3. The lowest BCUT2D eigenvalue weighted by Crippen LogP contribution is -2.43. The minimum absolute atomic E-state index is 0.153. The number of nitrogens with one attached hydrogen (secondary N) is 1. The molecule has 2 aliphatic rings. The average Bonchev–Trinajstić information content (AvgIpc) is 3.24. The number of halogens is 1. The van der Waals surface area contributed by atoms with Gasteiger partial charge in [0.25, 0.3) is 5.56 Å². The highest BCUT2D eigenvalue weighted by molar-refractivity contribution is 6.31. The molecule has 182 valence electrons. The Balaban J connectivity index is 1.47. The first-order chi connectivity index (χ1) is 16.3. The fourth-order valence-electron chi connectivity index (χ4n) is 5.98. The standard InChI is InChI=1S/C28H36ClN3O2/c1-17(2)25-22-15-20(19-7-11-32(12-8-19)21-9-13-34-14-10-21)5-6-24(22)30-27(25)23-16-31(4)28(33)26(29)18(23)3/h5-6,15-17,19,21,30H,7-14H2,1-4H3. The number of likely N-dealkylation sites (tertiary alicyclic amines) is 1. The summed E-state index contributed by atoms with van der Waals surface area (Å²) in [5, 5.41) is 1.59. The number of pyridine rings is 1. The number of piperidine rings is 1. The molecule has 3 aromatic rings. The number of rotatable bonds is 4. The van der Waals surface area contributed by atoms with Crippen LogP contribution in [0.2, 0.25) is 5.02 Å². The van der Waals surface area contributed by atoms with E-state index in [1.54, 1.807) is 11.6 Å². The maximum Gasteiger partial charge on any atom is 0.269 e. The van der Waals surface area contributed by atoms with Gasteiger partial charge >= 0.3 is 0 Å². The van der Waals surface area contributed by atoms with Crippen molar-refractivity contribution in [3.8, 4) is 11.3 Å². The Morgan fingerprint density at radius 3 is 2.50 bits per heavy atom. The van der Waals surface area contributed by atoms with Crippen molar-refractivity contribution >= 4 is 22.5 Å². The first kappa shape index (κ1) is 23.7. The van der Waals surface area contributed by atoms with E-state index in [0.717, 1.165) is 35.6 Å². The van der Waals surface area contributed by atoms with Gasteiger partial charge in [0.1, 0.15) is 5.02 Å². The number of fused-ring (bicyclic) bond motifs is 1. The molecular formula is C28H36ClN3O2. The van der Waals surface area contributed by atoms with Crippen LogP contribution >= 0.6 is 11.6 Å². The molecule has 5 nitrogen and oxygen atoms in total. The first-order valence-corrected chi connectivity index (χ1v) is 13.1. The van der Waals surface area contributed by atoms with Crippen LogP contribution in [0, 0.1) is 6.92 Å². The SMILES string of the molecule is Cc1c(-c2[nH]c3ccc(C4CCN(C5CCOCC5)CC4)cc3c2C(C)C)cn(C)c(=O)c1Cl. The number of aryl methyl sites for hydroxylation is 1. The number of benzene rings is 1. The summed E-state index contributed by atoms with van der Waals surface area (Å²) in [4.78, 5) is 18.7. The van der Waals surface area contributed by atoms with Crippen LogP contribution in [0.15, 0.2) is 29.2 Å². The summed E-state index contributed by atoms with van der Waals surface area (Å²) in [5.74, 6) is 0.942. The lowest BCUT2D eigenvalue weighted by Gasteiger charge is -2.39. The van der Waals surface area contributed by atoms with E-state index in [1.807, 2.05) is 13.1 Å². The van der Waals surface area contributed by atoms with Gasteiger partial charge in [0, 0.05) is 49.0 Å².